The molecule has 0 radical (unpaired) electrons. The lowest BCUT2D eigenvalue weighted by atomic mass is 10.1. The summed E-state index contributed by atoms with van der Waals surface area (Å²) in [5.41, 5.74) is 8.87. The largest absolute Gasteiger partial charge is 0.247 e. The van der Waals surface area contributed by atoms with Gasteiger partial charge in [0.05, 0.1) is 11.4 Å². The Morgan fingerprint density at radius 3 is 1.12 bits per heavy atom. The fraction of sp³-hybridized carbons (Fsp3) is 0. The molecule has 0 amide bonds. The highest BCUT2D eigenvalue weighted by Crippen LogP contribution is 2.35. The van der Waals surface area contributed by atoms with Crippen molar-refractivity contribution in [3.63, 3.8) is 0 Å². The Hall–Kier alpha value is -9.95. The molecule has 13 rings (SSSR count). The van der Waals surface area contributed by atoms with Gasteiger partial charge in [-0.3, -0.25) is 0 Å². The van der Waals surface area contributed by atoms with Crippen molar-refractivity contribution in [1.29, 1.82) is 0 Å². The average Bonchev–Trinajstić information content (AvgIpc) is 3.52. The molecule has 7 heteroatoms. The van der Waals surface area contributed by atoms with Crippen molar-refractivity contribution in [2.75, 3.05) is 4.90 Å². The molecule has 11 aromatic carbocycles. The number of hydrogen-bond acceptors (Lipinski definition) is 6. The zero-order valence-corrected chi connectivity index (χ0v) is 42.4. The van der Waals surface area contributed by atoms with Crippen molar-refractivity contribution >= 4 is 67.9 Å². The second-order valence-electron chi connectivity index (χ2n) is 18.9. The first-order valence-electron chi connectivity index (χ1n) is 25.6. The molecule has 0 atom stereocenters. The molecule has 358 valence electrons. The first-order valence-corrected chi connectivity index (χ1v) is 27.6. The Bertz CT molecular complexity index is 4000. The van der Waals surface area contributed by atoms with Gasteiger partial charge in [0.2, 0.25) is 11.9 Å². The zero-order valence-electron chi connectivity index (χ0n) is 41.4. The Morgan fingerprint density at radius 2 is 0.645 bits per heavy atom. The highest BCUT2D eigenvalue weighted by atomic mass is 28.3. The van der Waals surface area contributed by atoms with Crippen LogP contribution in [0.3, 0.4) is 0 Å². The van der Waals surface area contributed by atoms with Crippen molar-refractivity contribution < 1.29 is 0 Å². The third-order valence-electron chi connectivity index (χ3n) is 14.4. The monoisotopic (exact) mass is 988 g/mol. The fourth-order valence-corrected chi connectivity index (χ4v) is 15.3. The van der Waals surface area contributed by atoms with E-state index in [1.165, 1.54) is 53.4 Å². The summed E-state index contributed by atoms with van der Waals surface area (Å²) in [6.45, 7) is 0. The summed E-state index contributed by atoms with van der Waals surface area (Å²) in [6, 6.07) is 102. The summed E-state index contributed by atoms with van der Waals surface area (Å²) in [4.78, 5) is 27.3. The van der Waals surface area contributed by atoms with E-state index >= 15 is 0 Å². The molecule has 2 aromatic heterocycles. The van der Waals surface area contributed by atoms with E-state index < -0.39 is 8.07 Å². The molecule has 0 aliphatic carbocycles. The molecule has 0 spiro atoms. The Balaban J connectivity index is 0.947. The molecule has 6 nitrogen and oxygen atoms in total. The van der Waals surface area contributed by atoms with Gasteiger partial charge in [0, 0.05) is 22.9 Å². The molecule has 76 heavy (non-hydrogen) atoms. The molecule has 0 saturated heterocycles. The first-order chi connectivity index (χ1) is 37.6. The topological polar surface area (TPSA) is 67.7 Å². The third kappa shape index (κ3) is 8.80. The number of hydrogen-bond donors (Lipinski definition) is 0. The van der Waals surface area contributed by atoms with Gasteiger partial charge in [-0.25, -0.2) is 19.9 Å². The summed E-state index contributed by atoms with van der Waals surface area (Å²) >= 11 is 0. The van der Waals surface area contributed by atoms with E-state index in [1.54, 1.807) is 6.20 Å². The molecule has 2 heterocycles. The highest BCUT2D eigenvalue weighted by molar-refractivity contribution is 7.20. The van der Waals surface area contributed by atoms with Gasteiger partial charge >= 0.3 is 0 Å². The van der Waals surface area contributed by atoms with Crippen LogP contribution in [0.2, 0.25) is 0 Å². The number of anilines is 3. The maximum atomic E-state index is 5.16. The SMILES string of the molecule is c1ccc(-c2ccc([Si](c3ccc(-c4ccc(N(c5nccc(-c6ccccc6)n5)c5nc(-c6ccccc6)nc(-c6ccccc6)n5)cc4)cc3)(c3ccc4ccccc4c3)c3ccc4ccccc4c3)cc2)cc1. The van der Waals surface area contributed by atoms with Crippen LogP contribution in [-0.2, 0) is 0 Å². The third-order valence-corrected chi connectivity index (χ3v) is 19.1. The number of benzene rings is 11. The van der Waals surface area contributed by atoms with Crippen molar-refractivity contribution in [2.45, 2.75) is 0 Å². The van der Waals surface area contributed by atoms with Crippen LogP contribution in [0.25, 0.3) is 77.8 Å². The zero-order chi connectivity index (χ0) is 50.7. The van der Waals surface area contributed by atoms with Crippen LogP contribution in [0.4, 0.5) is 17.6 Å². The van der Waals surface area contributed by atoms with Crippen LogP contribution < -0.4 is 25.6 Å². The van der Waals surface area contributed by atoms with Gasteiger partial charge in [-0.15, -0.1) is 0 Å². The normalized spacial score (nSPS) is 11.4. The van der Waals surface area contributed by atoms with Crippen molar-refractivity contribution in [1.82, 2.24) is 24.9 Å². The Morgan fingerprint density at radius 1 is 0.263 bits per heavy atom. The van der Waals surface area contributed by atoms with Crippen LogP contribution in [-0.4, -0.2) is 33.0 Å². The average molecular weight is 989 g/mol. The summed E-state index contributed by atoms with van der Waals surface area (Å²) in [5, 5.41) is 10.2. The van der Waals surface area contributed by atoms with Gasteiger partial charge in [0.25, 0.3) is 0 Å². The van der Waals surface area contributed by atoms with Gasteiger partial charge in [0.1, 0.15) is 0 Å². The lowest BCUT2D eigenvalue weighted by molar-refractivity contribution is 0.982. The minimum atomic E-state index is -3.01. The van der Waals surface area contributed by atoms with E-state index in [0.29, 0.717) is 23.5 Å². The van der Waals surface area contributed by atoms with Crippen LogP contribution in [0.5, 0.6) is 0 Å². The van der Waals surface area contributed by atoms with E-state index in [4.69, 9.17) is 24.9 Å². The standard InChI is InChI=1S/C69H48N6Si/c1-5-17-49(18-6-1)53-31-39-61(40-32-53)76(63-43-35-50-19-13-15-27-58(50)47-63,64-44-36-51-20-14-16-28-59(51)48-64)62-41-33-54(34-42-62)52-29-37-60(38-30-52)75(68-70-46-45-65(71-68)55-21-7-2-8-22-55)69-73-66(56-23-9-3-10-24-56)72-67(74-69)57-25-11-4-12-26-57/h1-48H. The number of nitrogens with zero attached hydrogens (tertiary/aromatic N) is 6. The quantitative estimate of drug-likeness (QED) is 0.0897. The summed E-state index contributed by atoms with van der Waals surface area (Å²) in [6.07, 6.45) is 1.79. The summed E-state index contributed by atoms with van der Waals surface area (Å²) < 4.78 is 0. The number of fused-ring (bicyclic) bond motifs is 2. The van der Waals surface area contributed by atoms with E-state index in [1.807, 2.05) is 89.8 Å². The minimum Gasteiger partial charge on any atom is -0.247 e. The van der Waals surface area contributed by atoms with Crippen molar-refractivity contribution in [2.24, 2.45) is 0 Å². The van der Waals surface area contributed by atoms with E-state index in [-0.39, 0.29) is 0 Å². The Kier molecular flexibility index (Phi) is 12.2. The predicted molar refractivity (Wildman–Crippen MR) is 316 cm³/mol. The maximum absolute atomic E-state index is 5.16. The predicted octanol–water partition coefficient (Wildman–Crippen LogP) is 14.2. The molecule has 0 aliphatic heterocycles. The maximum Gasteiger partial charge on any atom is 0.241 e. The number of aromatic nitrogens is 5. The molecule has 0 fully saturated rings. The van der Waals surface area contributed by atoms with Crippen LogP contribution >= 0.6 is 0 Å². The molecule has 13 aromatic rings. The summed E-state index contributed by atoms with van der Waals surface area (Å²) in [5.74, 6) is 1.92. The lowest BCUT2D eigenvalue weighted by Gasteiger charge is -2.35. The van der Waals surface area contributed by atoms with Crippen molar-refractivity contribution in [3.8, 4) is 56.3 Å². The lowest BCUT2D eigenvalue weighted by Crippen LogP contribution is -2.74. The fourth-order valence-electron chi connectivity index (χ4n) is 10.5. The molecule has 0 unspecified atom stereocenters. The highest BCUT2D eigenvalue weighted by Gasteiger charge is 2.42. The molecule has 0 N–H and O–H groups in total. The second-order valence-corrected chi connectivity index (χ2v) is 22.7. The Labute approximate surface area is 443 Å². The van der Waals surface area contributed by atoms with E-state index in [2.05, 4.69) is 200 Å². The molecular weight excluding hydrogens is 941 g/mol. The smallest absolute Gasteiger partial charge is 0.241 e. The van der Waals surface area contributed by atoms with Gasteiger partial charge in [0.15, 0.2) is 19.7 Å². The number of rotatable bonds is 12. The van der Waals surface area contributed by atoms with E-state index in [9.17, 15) is 0 Å². The molecule has 0 aliphatic rings. The van der Waals surface area contributed by atoms with Gasteiger partial charge < -0.3 is 0 Å². The van der Waals surface area contributed by atoms with Crippen molar-refractivity contribution in [3.05, 3.63) is 291 Å². The van der Waals surface area contributed by atoms with Crippen LogP contribution in [0, 0.1) is 0 Å². The van der Waals surface area contributed by atoms with Crippen LogP contribution in [0.1, 0.15) is 0 Å². The van der Waals surface area contributed by atoms with Gasteiger partial charge in [-0.05, 0) is 82.7 Å². The summed E-state index contributed by atoms with van der Waals surface area (Å²) in [7, 11) is -3.01. The first kappa shape index (κ1) is 45.9. The van der Waals surface area contributed by atoms with Gasteiger partial charge in [-0.1, -0.05) is 267 Å². The molecule has 0 saturated carbocycles. The minimum absolute atomic E-state index is 0.399. The molecular formula is C69H48N6Si. The van der Waals surface area contributed by atoms with Crippen LogP contribution in [0.15, 0.2) is 291 Å². The van der Waals surface area contributed by atoms with Gasteiger partial charge in [-0.2, -0.15) is 9.97 Å². The second kappa shape index (κ2) is 20.2. The molecule has 0 bridgehead atoms. The van der Waals surface area contributed by atoms with E-state index in [0.717, 1.165) is 39.2 Å².